The Bertz CT molecular complexity index is 555. The Labute approximate surface area is 149 Å². The normalized spacial score (nSPS) is 10.2. The van der Waals surface area contributed by atoms with Gasteiger partial charge >= 0.3 is 5.97 Å². The molecule has 0 fully saturated rings. The number of unbranched alkanes of at least 4 members (excludes halogenated alkanes) is 2. The van der Waals surface area contributed by atoms with E-state index < -0.39 is 0 Å². The Morgan fingerprint density at radius 3 is 2.32 bits per heavy atom. The molecule has 25 heavy (non-hydrogen) atoms. The molecule has 0 spiro atoms. The molecule has 0 bridgehead atoms. The van der Waals surface area contributed by atoms with Crippen molar-refractivity contribution in [3.8, 4) is 0 Å². The minimum atomic E-state index is -0.302. The summed E-state index contributed by atoms with van der Waals surface area (Å²) in [6.45, 7) is 4.97. The Hall–Kier alpha value is -2.37. The third-order valence-corrected chi connectivity index (χ3v) is 3.61. The van der Waals surface area contributed by atoms with Crippen molar-refractivity contribution in [3.63, 3.8) is 0 Å². The van der Waals surface area contributed by atoms with Crippen LogP contribution in [0.1, 0.15) is 54.9 Å². The molecule has 0 heterocycles. The number of hydrogen-bond acceptors (Lipinski definition) is 4. The first-order valence-electron chi connectivity index (χ1n) is 8.80. The highest BCUT2D eigenvalue weighted by Gasteiger charge is 2.07. The number of aryl methyl sites for hydroxylation is 1. The van der Waals surface area contributed by atoms with Gasteiger partial charge in [-0.15, -0.1) is 0 Å². The fraction of sp³-hybridized carbons (Fsp3) is 0.526. The summed E-state index contributed by atoms with van der Waals surface area (Å²) in [7, 11) is 0. The first-order valence-corrected chi connectivity index (χ1v) is 8.80. The van der Waals surface area contributed by atoms with Gasteiger partial charge in [0.2, 0.25) is 5.91 Å². The molecule has 2 N–H and O–H groups in total. The zero-order valence-electron chi connectivity index (χ0n) is 15.1. The first-order chi connectivity index (χ1) is 12.0. The van der Waals surface area contributed by atoms with Crippen molar-refractivity contribution in [3.05, 3.63) is 35.4 Å². The standard InChI is InChI=1S/C19H28N2O4/c1-3-4-5-14-25-18(23)11-13-20-17(22)10-12-21-19(24)16-8-6-15(2)7-9-16/h6-9H,3-5,10-14H2,1-2H3,(H,20,22)(H,21,24). The fourth-order valence-corrected chi connectivity index (χ4v) is 2.10. The number of ether oxygens (including phenoxy) is 1. The van der Waals surface area contributed by atoms with Crippen LogP contribution >= 0.6 is 0 Å². The maximum absolute atomic E-state index is 11.9. The molecule has 1 aromatic carbocycles. The summed E-state index contributed by atoms with van der Waals surface area (Å²) in [4.78, 5) is 35.0. The summed E-state index contributed by atoms with van der Waals surface area (Å²) in [6.07, 6.45) is 3.32. The maximum Gasteiger partial charge on any atom is 0.307 e. The number of carbonyl (C=O) groups excluding carboxylic acids is 3. The van der Waals surface area contributed by atoms with E-state index in [1.165, 1.54) is 0 Å². The molecule has 0 atom stereocenters. The van der Waals surface area contributed by atoms with Gasteiger partial charge in [-0.3, -0.25) is 14.4 Å². The number of esters is 1. The van der Waals surface area contributed by atoms with Crippen molar-refractivity contribution < 1.29 is 19.1 Å². The molecule has 0 radical (unpaired) electrons. The van der Waals surface area contributed by atoms with Crippen LogP contribution in [-0.4, -0.2) is 37.5 Å². The Kier molecular flexibility index (Phi) is 9.97. The van der Waals surface area contributed by atoms with Crippen LogP contribution in [0.25, 0.3) is 0 Å². The highest BCUT2D eigenvalue weighted by Crippen LogP contribution is 2.02. The molecule has 0 aliphatic rings. The van der Waals surface area contributed by atoms with E-state index in [0.717, 1.165) is 24.8 Å². The number of hydrogen-bond donors (Lipinski definition) is 2. The molecule has 0 saturated carbocycles. The molecule has 6 heteroatoms. The highest BCUT2D eigenvalue weighted by molar-refractivity contribution is 5.94. The summed E-state index contributed by atoms with van der Waals surface area (Å²) < 4.78 is 5.05. The molecule has 6 nitrogen and oxygen atoms in total. The van der Waals surface area contributed by atoms with Crippen LogP contribution in [0.4, 0.5) is 0 Å². The summed E-state index contributed by atoms with van der Waals surface area (Å²) in [5.74, 6) is -0.712. The third kappa shape index (κ3) is 9.49. The molecule has 2 amide bonds. The lowest BCUT2D eigenvalue weighted by atomic mass is 10.1. The van der Waals surface area contributed by atoms with E-state index in [0.29, 0.717) is 12.2 Å². The lowest BCUT2D eigenvalue weighted by Crippen LogP contribution is -2.31. The molecule has 0 aliphatic carbocycles. The van der Waals surface area contributed by atoms with E-state index >= 15 is 0 Å². The van der Waals surface area contributed by atoms with E-state index in [1.54, 1.807) is 12.1 Å². The average molecular weight is 348 g/mol. The van der Waals surface area contributed by atoms with E-state index in [9.17, 15) is 14.4 Å². The van der Waals surface area contributed by atoms with Crippen molar-refractivity contribution in [2.75, 3.05) is 19.7 Å². The van der Waals surface area contributed by atoms with Crippen LogP contribution in [0.2, 0.25) is 0 Å². The monoisotopic (exact) mass is 348 g/mol. The summed E-state index contributed by atoms with van der Waals surface area (Å²) >= 11 is 0. The van der Waals surface area contributed by atoms with Gasteiger partial charge in [0.1, 0.15) is 0 Å². The predicted molar refractivity (Wildman–Crippen MR) is 96.2 cm³/mol. The summed E-state index contributed by atoms with van der Waals surface area (Å²) in [5.41, 5.74) is 1.65. The van der Waals surface area contributed by atoms with Crippen LogP contribution in [-0.2, 0) is 14.3 Å². The fourth-order valence-electron chi connectivity index (χ4n) is 2.10. The van der Waals surface area contributed by atoms with Gasteiger partial charge in [0.15, 0.2) is 0 Å². The Morgan fingerprint density at radius 1 is 0.960 bits per heavy atom. The lowest BCUT2D eigenvalue weighted by molar-refractivity contribution is -0.143. The van der Waals surface area contributed by atoms with Gasteiger partial charge in [-0.2, -0.15) is 0 Å². The van der Waals surface area contributed by atoms with Gasteiger partial charge in [-0.1, -0.05) is 37.5 Å². The second kappa shape index (κ2) is 12.1. The van der Waals surface area contributed by atoms with Crippen LogP contribution in [0.15, 0.2) is 24.3 Å². The van der Waals surface area contributed by atoms with Gasteiger partial charge in [0, 0.05) is 25.1 Å². The summed E-state index contributed by atoms with van der Waals surface area (Å²) in [6, 6.07) is 7.22. The largest absolute Gasteiger partial charge is 0.466 e. The van der Waals surface area contributed by atoms with Crippen LogP contribution in [0.5, 0.6) is 0 Å². The Morgan fingerprint density at radius 2 is 1.64 bits per heavy atom. The molecular weight excluding hydrogens is 320 g/mol. The zero-order valence-corrected chi connectivity index (χ0v) is 15.1. The molecule has 1 aromatic rings. The van der Waals surface area contributed by atoms with Crippen molar-refractivity contribution >= 4 is 17.8 Å². The van der Waals surface area contributed by atoms with Gasteiger partial charge in [0.25, 0.3) is 5.91 Å². The van der Waals surface area contributed by atoms with E-state index in [4.69, 9.17) is 4.74 Å². The SMILES string of the molecule is CCCCCOC(=O)CCNC(=O)CCNC(=O)c1ccc(C)cc1. The minimum Gasteiger partial charge on any atom is -0.466 e. The number of amides is 2. The highest BCUT2D eigenvalue weighted by atomic mass is 16.5. The molecular formula is C19H28N2O4. The van der Waals surface area contributed by atoms with Crippen LogP contribution in [0, 0.1) is 6.92 Å². The van der Waals surface area contributed by atoms with Gasteiger partial charge in [0.05, 0.1) is 13.0 Å². The van der Waals surface area contributed by atoms with Crippen molar-refractivity contribution in [2.24, 2.45) is 0 Å². The number of rotatable bonds is 11. The van der Waals surface area contributed by atoms with Gasteiger partial charge in [-0.25, -0.2) is 0 Å². The van der Waals surface area contributed by atoms with E-state index in [-0.39, 0.29) is 43.7 Å². The topological polar surface area (TPSA) is 84.5 Å². The molecule has 0 saturated heterocycles. The smallest absolute Gasteiger partial charge is 0.307 e. The minimum absolute atomic E-state index is 0.160. The number of carbonyl (C=O) groups is 3. The molecule has 0 aromatic heterocycles. The molecule has 0 unspecified atom stereocenters. The second-order valence-corrected chi connectivity index (χ2v) is 5.90. The van der Waals surface area contributed by atoms with Crippen LogP contribution < -0.4 is 10.6 Å². The predicted octanol–water partition coefficient (Wildman–Crippen LogP) is 2.35. The van der Waals surface area contributed by atoms with Crippen molar-refractivity contribution in [2.45, 2.75) is 46.0 Å². The zero-order chi connectivity index (χ0) is 18.5. The lowest BCUT2D eigenvalue weighted by Gasteiger charge is -2.07. The van der Waals surface area contributed by atoms with Gasteiger partial charge < -0.3 is 15.4 Å². The van der Waals surface area contributed by atoms with E-state index in [1.807, 2.05) is 19.1 Å². The van der Waals surface area contributed by atoms with Crippen molar-refractivity contribution in [1.29, 1.82) is 0 Å². The van der Waals surface area contributed by atoms with E-state index in [2.05, 4.69) is 17.6 Å². The third-order valence-electron chi connectivity index (χ3n) is 3.61. The molecule has 0 aliphatic heterocycles. The number of nitrogens with one attached hydrogen (secondary N) is 2. The second-order valence-electron chi connectivity index (χ2n) is 5.90. The summed E-state index contributed by atoms with van der Waals surface area (Å²) in [5, 5.41) is 5.34. The molecule has 1 rings (SSSR count). The quantitative estimate of drug-likeness (QED) is 0.475. The van der Waals surface area contributed by atoms with Gasteiger partial charge in [-0.05, 0) is 25.5 Å². The molecule has 138 valence electrons. The first kappa shape index (κ1) is 20.7. The maximum atomic E-state index is 11.9. The average Bonchev–Trinajstić information content (AvgIpc) is 2.59. The van der Waals surface area contributed by atoms with Crippen LogP contribution in [0.3, 0.4) is 0 Å². The Balaban J connectivity index is 2.09. The number of benzene rings is 1. The van der Waals surface area contributed by atoms with Crippen molar-refractivity contribution in [1.82, 2.24) is 10.6 Å².